The normalized spacial score (nSPS) is 18.1. The maximum Gasteiger partial charge on any atom is 0.262 e. The van der Waals surface area contributed by atoms with E-state index in [-0.39, 0.29) is 11.7 Å². The number of hydrogen-bond donors (Lipinski definition) is 0. The first-order valence-corrected chi connectivity index (χ1v) is 8.73. The Morgan fingerprint density at radius 3 is 2.64 bits per heavy atom. The molecule has 0 N–H and O–H groups in total. The molecule has 4 rings (SSSR count). The summed E-state index contributed by atoms with van der Waals surface area (Å²) in [5.41, 5.74) is 2.60. The third-order valence-corrected chi connectivity index (χ3v) is 5.23. The lowest BCUT2D eigenvalue weighted by molar-refractivity contribution is 0.0964. The first kappa shape index (κ1) is 16.0. The quantitative estimate of drug-likeness (QED) is 0.719. The number of likely N-dealkylation sites (N-methyl/N-ethyl adjacent to an activating group) is 1. The number of benzene rings is 2. The lowest BCUT2D eigenvalue weighted by atomic mass is 10.0. The molecule has 2 heterocycles. The second-order valence-electron chi connectivity index (χ2n) is 6.83. The lowest BCUT2D eigenvalue weighted by Gasteiger charge is -2.18. The minimum Gasteiger partial charge on any atom is -0.303 e. The van der Waals surface area contributed by atoms with Crippen molar-refractivity contribution < 1.29 is 9.18 Å². The van der Waals surface area contributed by atoms with Gasteiger partial charge in [0.05, 0.1) is 5.52 Å². The van der Waals surface area contributed by atoms with E-state index in [0.717, 1.165) is 23.9 Å². The average molecular weight is 336 g/mol. The summed E-state index contributed by atoms with van der Waals surface area (Å²) in [5.74, 6) is -0.457. The van der Waals surface area contributed by atoms with Gasteiger partial charge < -0.3 is 4.90 Å². The zero-order chi connectivity index (χ0) is 17.4. The van der Waals surface area contributed by atoms with Crippen molar-refractivity contribution in [2.75, 3.05) is 13.6 Å². The Balaban J connectivity index is 1.74. The van der Waals surface area contributed by atoms with Crippen LogP contribution < -0.4 is 0 Å². The number of carbonyl (C=O) groups is 1. The molecule has 2 aromatic carbocycles. The van der Waals surface area contributed by atoms with E-state index < -0.39 is 0 Å². The minimum absolute atomic E-state index is 0.123. The Morgan fingerprint density at radius 1 is 1.16 bits per heavy atom. The second-order valence-corrected chi connectivity index (χ2v) is 6.83. The van der Waals surface area contributed by atoms with Crippen LogP contribution in [0.2, 0.25) is 0 Å². The average Bonchev–Trinajstić information content (AvgIpc) is 3.20. The van der Waals surface area contributed by atoms with Crippen molar-refractivity contribution >= 4 is 16.8 Å². The summed E-state index contributed by atoms with van der Waals surface area (Å²) < 4.78 is 14.9. The van der Waals surface area contributed by atoms with Gasteiger partial charge in [0.15, 0.2) is 0 Å². The first-order valence-electron chi connectivity index (χ1n) is 8.73. The van der Waals surface area contributed by atoms with Crippen molar-refractivity contribution in [1.29, 1.82) is 0 Å². The number of para-hydroxylation sites is 1. The monoisotopic (exact) mass is 336 g/mol. The van der Waals surface area contributed by atoms with Crippen LogP contribution in [0.25, 0.3) is 10.9 Å². The zero-order valence-electron chi connectivity index (χ0n) is 14.3. The molecule has 128 valence electrons. The Kier molecular flexibility index (Phi) is 4.14. The second kappa shape index (κ2) is 6.45. The van der Waals surface area contributed by atoms with Gasteiger partial charge >= 0.3 is 0 Å². The van der Waals surface area contributed by atoms with E-state index in [4.69, 9.17) is 0 Å². The highest BCUT2D eigenvalue weighted by Gasteiger charge is 2.23. The third-order valence-electron chi connectivity index (χ3n) is 5.23. The van der Waals surface area contributed by atoms with E-state index in [0.29, 0.717) is 11.6 Å². The van der Waals surface area contributed by atoms with Crippen molar-refractivity contribution in [1.82, 2.24) is 9.47 Å². The van der Waals surface area contributed by atoms with Gasteiger partial charge in [-0.25, -0.2) is 4.39 Å². The van der Waals surface area contributed by atoms with Crippen LogP contribution in [0.5, 0.6) is 0 Å². The summed E-state index contributed by atoms with van der Waals surface area (Å²) in [5, 5.41) is 1.12. The van der Waals surface area contributed by atoms with Gasteiger partial charge in [-0.15, -0.1) is 0 Å². The molecule has 1 aliphatic rings. The molecule has 3 nitrogen and oxygen atoms in total. The molecule has 1 unspecified atom stereocenters. The van der Waals surface area contributed by atoms with Crippen LogP contribution in [0.1, 0.15) is 28.8 Å². The summed E-state index contributed by atoms with van der Waals surface area (Å²) in [6.45, 7) is 1.14. The lowest BCUT2D eigenvalue weighted by Crippen LogP contribution is -2.26. The summed E-state index contributed by atoms with van der Waals surface area (Å²) >= 11 is 0. The van der Waals surface area contributed by atoms with Gasteiger partial charge in [0.25, 0.3) is 5.91 Å². The molecule has 4 heteroatoms. The van der Waals surface area contributed by atoms with Crippen molar-refractivity contribution in [3.8, 4) is 0 Å². The molecule has 1 saturated heterocycles. The topological polar surface area (TPSA) is 25.2 Å². The zero-order valence-corrected chi connectivity index (χ0v) is 14.3. The fraction of sp³-hybridized carbons (Fsp3) is 0.286. The molecular weight excluding hydrogens is 315 g/mol. The SMILES string of the molecule is CN1CCCC1Cc1cn(C(=O)c2ccc(F)cc2)c2ccccc12. The number of fused-ring (bicyclic) bond motifs is 1. The molecule has 1 fully saturated rings. The van der Waals surface area contributed by atoms with Gasteiger partial charge in [-0.3, -0.25) is 9.36 Å². The van der Waals surface area contributed by atoms with Gasteiger partial charge in [-0.05, 0) is 68.8 Å². The maximum absolute atomic E-state index is 13.2. The van der Waals surface area contributed by atoms with E-state index in [1.54, 1.807) is 4.57 Å². The molecule has 0 saturated carbocycles. The van der Waals surface area contributed by atoms with E-state index in [1.807, 2.05) is 24.4 Å². The molecule has 3 aromatic rings. The molecular formula is C21H21FN2O. The van der Waals surface area contributed by atoms with E-state index in [2.05, 4.69) is 18.0 Å². The number of nitrogens with zero attached hydrogens (tertiary/aromatic N) is 2. The Morgan fingerprint density at radius 2 is 1.92 bits per heavy atom. The van der Waals surface area contributed by atoms with Crippen molar-refractivity contribution in [2.24, 2.45) is 0 Å². The number of aromatic nitrogens is 1. The summed E-state index contributed by atoms with van der Waals surface area (Å²) in [6, 6.07) is 14.3. The predicted molar refractivity (Wildman–Crippen MR) is 97.4 cm³/mol. The molecule has 1 aliphatic heterocycles. The van der Waals surface area contributed by atoms with Crippen molar-refractivity contribution in [3.63, 3.8) is 0 Å². The largest absolute Gasteiger partial charge is 0.303 e. The molecule has 25 heavy (non-hydrogen) atoms. The number of rotatable bonds is 3. The van der Waals surface area contributed by atoms with Crippen LogP contribution in [0.4, 0.5) is 4.39 Å². The van der Waals surface area contributed by atoms with Gasteiger partial charge in [0.1, 0.15) is 5.82 Å². The molecule has 0 amide bonds. The number of hydrogen-bond acceptors (Lipinski definition) is 2. The molecule has 0 spiro atoms. The summed E-state index contributed by atoms with van der Waals surface area (Å²) in [6.07, 6.45) is 5.33. The fourth-order valence-electron chi connectivity index (χ4n) is 3.80. The Hall–Kier alpha value is -2.46. The maximum atomic E-state index is 13.2. The first-order chi connectivity index (χ1) is 12.1. The fourth-order valence-corrected chi connectivity index (χ4v) is 3.80. The van der Waals surface area contributed by atoms with Crippen molar-refractivity contribution in [2.45, 2.75) is 25.3 Å². The van der Waals surface area contributed by atoms with E-state index >= 15 is 0 Å². The smallest absolute Gasteiger partial charge is 0.262 e. The van der Waals surface area contributed by atoms with E-state index in [1.165, 1.54) is 42.7 Å². The van der Waals surface area contributed by atoms with Gasteiger partial charge in [0.2, 0.25) is 0 Å². The number of carbonyl (C=O) groups excluding carboxylic acids is 1. The molecule has 0 radical (unpaired) electrons. The highest BCUT2D eigenvalue weighted by molar-refractivity contribution is 6.03. The van der Waals surface area contributed by atoms with Crippen molar-refractivity contribution in [3.05, 3.63) is 71.7 Å². The Bertz CT molecular complexity index is 913. The van der Waals surface area contributed by atoms with Crippen LogP contribution in [-0.2, 0) is 6.42 Å². The molecule has 0 aliphatic carbocycles. The van der Waals surface area contributed by atoms with Crippen LogP contribution in [-0.4, -0.2) is 35.0 Å². The predicted octanol–water partition coefficient (Wildman–Crippen LogP) is 4.11. The van der Waals surface area contributed by atoms with Gasteiger partial charge in [-0.2, -0.15) is 0 Å². The summed E-state index contributed by atoms with van der Waals surface area (Å²) in [4.78, 5) is 15.3. The third kappa shape index (κ3) is 2.98. The van der Waals surface area contributed by atoms with Crippen LogP contribution in [0, 0.1) is 5.82 Å². The van der Waals surface area contributed by atoms with Crippen LogP contribution in [0.3, 0.4) is 0 Å². The Labute approximate surface area is 146 Å². The van der Waals surface area contributed by atoms with Gasteiger partial charge in [0, 0.05) is 23.2 Å². The number of likely N-dealkylation sites (tertiary alicyclic amines) is 1. The van der Waals surface area contributed by atoms with E-state index in [9.17, 15) is 9.18 Å². The standard InChI is InChI=1S/C21H21FN2O/c1-23-12-4-5-18(23)13-16-14-24(20-7-3-2-6-19(16)20)21(25)15-8-10-17(22)11-9-15/h2-3,6-11,14,18H,4-5,12-13H2,1H3. The molecule has 0 bridgehead atoms. The summed E-state index contributed by atoms with van der Waals surface area (Å²) in [7, 11) is 2.17. The molecule has 1 atom stereocenters. The van der Waals surface area contributed by atoms with Crippen LogP contribution in [0.15, 0.2) is 54.7 Å². The highest BCUT2D eigenvalue weighted by atomic mass is 19.1. The molecule has 1 aromatic heterocycles. The number of halogens is 1. The van der Waals surface area contributed by atoms with Gasteiger partial charge in [-0.1, -0.05) is 18.2 Å². The minimum atomic E-state index is -0.334. The van der Waals surface area contributed by atoms with Crippen LogP contribution >= 0.6 is 0 Å². The highest BCUT2D eigenvalue weighted by Crippen LogP contribution is 2.27.